The van der Waals surface area contributed by atoms with Gasteiger partial charge in [-0.1, -0.05) is 24.6 Å². The summed E-state index contributed by atoms with van der Waals surface area (Å²) in [6.45, 7) is 4.12. The van der Waals surface area contributed by atoms with Crippen molar-refractivity contribution >= 4 is 17.5 Å². The fraction of sp³-hybridized carbons (Fsp3) is 0.500. The highest BCUT2D eigenvalue weighted by Gasteiger charge is 2.29. The van der Waals surface area contributed by atoms with Crippen molar-refractivity contribution in [3.63, 3.8) is 0 Å². The quantitative estimate of drug-likeness (QED) is 0.886. The van der Waals surface area contributed by atoms with Crippen LogP contribution < -0.4 is 15.4 Å². The second kappa shape index (κ2) is 6.26. The molecule has 1 amide bonds. The molecule has 1 saturated heterocycles. The van der Waals surface area contributed by atoms with Crippen LogP contribution >= 0.6 is 11.6 Å². The first-order chi connectivity index (χ1) is 9.13. The zero-order chi connectivity index (χ0) is 13.8. The van der Waals surface area contributed by atoms with Gasteiger partial charge < -0.3 is 15.4 Å². The minimum Gasteiger partial charge on any atom is -0.496 e. The Balaban J connectivity index is 2.00. The van der Waals surface area contributed by atoms with E-state index in [1.54, 1.807) is 13.2 Å². The van der Waals surface area contributed by atoms with E-state index in [2.05, 4.69) is 17.6 Å². The van der Waals surface area contributed by atoms with Crippen LogP contribution in [0.4, 0.5) is 0 Å². The van der Waals surface area contributed by atoms with Crippen LogP contribution in [0.1, 0.15) is 12.5 Å². The van der Waals surface area contributed by atoms with Crippen molar-refractivity contribution in [1.29, 1.82) is 0 Å². The Kier molecular flexibility index (Phi) is 4.66. The molecule has 0 saturated carbocycles. The molecule has 1 aliphatic heterocycles. The third kappa shape index (κ3) is 3.19. The summed E-state index contributed by atoms with van der Waals surface area (Å²) < 4.78 is 5.26. The van der Waals surface area contributed by atoms with Crippen LogP contribution in [0.3, 0.4) is 0 Å². The lowest BCUT2D eigenvalue weighted by atomic mass is 9.97. The van der Waals surface area contributed by atoms with Gasteiger partial charge in [-0.3, -0.25) is 4.79 Å². The number of benzene rings is 1. The van der Waals surface area contributed by atoms with Crippen LogP contribution in [0, 0.1) is 11.8 Å². The van der Waals surface area contributed by atoms with Gasteiger partial charge in [0, 0.05) is 23.7 Å². The van der Waals surface area contributed by atoms with E-state index < -0.39 is 0 Å². The fourth-order valence-electron chi connectivity index (χ4n) is 2.37. The standard InChI is InChI=1S/C14H19ClN2O2/c1-9-6-16-7-10(9)14(18)17-8-11-12(15)4-3-5-13(11)19-2/h3-5,9-10,16H,6-8H2,1-2H3,(H,17,18)/t9-,10-/m1/s1. The third-order valence-corrected chi connectivity index (χ3v) is 3.94. The molecule has 1 aromatic rings. The predicted molar refractivity (Wildman–Crippen MR) is 75.4 cm³/mol. The number of hydrogen-bond donors (Lipinski definition) is 2. The second-order valence-electron chi connectivity index (χ2n) is 4.88. The van der Waals surface area contributed by atoms with Crippen molar-refractivity contribution in [2.75, 3.05) is 20.2 Å². The van der Waals surface area contributed by atoms with Gasteiger partial charge in [-0.25, -0.2) is 0 Å². The number of halogens is 1. The molecule has 19 heavy (non-hydrogen) atoms. The number of hydrogen-bond acceptors (Lipinski definition) is 3. The first-order valence-electron chi connectivity index (χ1n) is 6.43. The molecule has 0 spiro atoms. The Bertz CT molecular complexity index is 465. The molecule has 104 valence electrons. The van der Waals surface area contributed by atoms with Crippen LogP contribution in [0.25, 0.3) is 0 Å². The van der Waals surface area contributed by atoms with Crippen LogP contribution in [0.5, 0.6) is 5.75 Å². The Hall–Kier alpha value is -1.26. The normalized spacial score (nSPS) is 22.3. The van der Waals surface area contributed by atoms with Crippen molar-refractivity contribution in [1.82, 2.24) is 10.6 Å². The fourth-order valence-corrected chi connectivity index (χ4v) is 2.60. The molecular weight excluding hydrogens is 264 g/mol. The molecule has 2 atom stereocenters. The zero-order valence-corrected chi connectivity index (χ0v) is 12.0. The largest absolute Gasteiger partial charge is 0.496 e. The molecule has 0 unspecified atom stereocenters. The maximum absolute atomic E-state index is 12.1. The van der Waals surface area contributed by atoms with Crippen LogP contribution in [0.2, 0.25) is 5.02 Å². The smallest absolute Gasteiger partial charge is 0.224 e. The highest BCUT2D eigenvalue weighted by Crippen LogP contribution is 2.26. The third-order valence-electron chi connectivity index (χ3n) is 3.59. The molecule has 0 radical (unpaired) electrons. The maximum Gasteiger partial charge on any atom is 0.224 e. The summed E-state index contributed by atoms with van der Waals surface area (Å²) in [4.78, 5) is 12.1. The van der Waals surface area contributed by atoms with Crippen molar-refractivity contribution in [3.05, 3.63) is 28.8 Å². The van der Waals surface area contributed by atoms with E-state index in [4.69, 9.17) is 16.3 Å². The van der Waals surface area contributed by atoms with Crippen molar-refractivity contribution < 1.29 is 9.53 Å². The van der Waals surface area contributed by atoms with Crippen molar-refractivity contribution in [2.45, 2.75) is 13.5 Å². The summed E-state index contributed by atoms with van der Waals surface area (Å²) >= 11 is 6.14. The highest BCUT2D eigenvalue weighted by molar-refractivity contribution is 6.31. The molecule has 4 nitrogen and oxygen atoms in total. The van der Waals surface area contributed by atoms with Gasteiger partial charge in [-0.2, -0.15) is 0 Å². The highest BCUT2D eigenvalue weighted by atomic mass is 35.5. The molecule has 2 rings (SSSR count). The summed E-state index contributed by atoms with van der Waals surface area (Å²) in [6, 6.07) is 5.47. The lowest BCUT2D eigenvalue weighted by Crippen LogP contribution is -2.34. The van der Waals surface area contributed by atoms with Gasteiger partial charge in [-0.15, -0.1) is 0 Å². The molecular formula is C14H19ClN2O2. The molecule has 5 heteroatoms. The molecule has 0 aliphatic carbocycles. The Morgan fingerprint density at radius 3 is 2.95 bits per heavy atom. The number of carbonyl (C=O) groups excluding carboxylic acids is 1. The molecule has 1 aliphatic rings. The van der Waals surface area contributed by atoms with Gasteiger partial charge in [0.1, 0.15) is 5.75 Å². The van der Waals surface area contributed by atoms with E-state index in [1.807, 2.05) is 12.1 Å². The van der Waals surface area contributed by atoms with Gasteiger partial charge in [0.2, 0.25) is 5.91 Å². The van der Waals surface area contributed by atoms with Crippen LogP contribution in [-0.4, -0.2) is 26.1 Å². The summed E-state index contributed by atoms with van der Waals surface area (Å²) in [6.07, 6.45) is 0. The Morgan fingerprint density at radius 2 is 2.32 bits per heavy atom. The number of rotatable bonds is 4. The number of amides is 1. The summed E-state index contributed by atoms with van der Waals surface area (Å²) in [7, 11) is 1.60. The first-order valence-corrected chi connectivity index (χ1v) is 6.81. The molecule has 2 N–H and O–H groups in total. The molecule has 1 aromatic carbocycles. The number of carbonyl (C=O) groups is 1. The van der Waals surface area contributed by atoms with E-state index >= 15 is 0 Å². The lowest BCUT2D eigenvalue weighted by Gasteiger charge is -2.16. The van der Waals surface area contributed by atoms with Gasteiger partial charge >= 0.3 is 0 Å². The monoisotopic (exact) mass is 282 g/mol. The van der Waals surface area contributed by atoms with Gasteiger partial charge in [0.25, 0.3) is 0 Å². The minimum absolute atomic E-state index is 0.0356. The van der Waals surface area contributed by atoms with E-state index in [0.717, 1.165) is 18.7 Å². The minimum atomic E-state index is 0.0356. The summed E-state index contributed by atoms with van der Waals surface area (Å²) in [5.74, 6) is 1.17. The van der Waals surface area contributed by atoms with Crippen LogP contribution in [0.15, 0.2) is 18.2 Å². The Labute approximate surface area is 118 Å². The van der Waals surface area contributed by atoms with Gasteiger partial charge in [-0.05, 0) is 24.6 Å². The SMILES string of the molecule is COc1cccc(Cl)c1CNC(=O)[C@@H]1CNC[C@H]1C. The van der Waals surface area contributed by atoms with Crippen molar-refractivity contribution in [3.8, 4) is 5.75 Å². The van der Waals surface area contributed by atoms with E-state index in [9.17, 15) is 4.79 Å². The molecule has 1 heterocycles. The topological polar surface area (TPSA) is 50.4 Å². The number of methoxy groups -OCH3 is 1. The average Bonchev–Trinajstić information content (AvgIpc) is 2.83. The van der Waals surface area contributed by atoms with Gasteiger partial charge in [0.15, 0.2) is 0 Å². The predicted octanol–water partition coefficient (Wildman–Crippen LogP) is 1.82. The molecule has 0 aromatic heterocycles. The van der Waals surface area contributed by atoms with E-state index in [0.29, 0.717) is 23.2 Å². The summed E-state index contributed by atoms with van der Waals surface area (Å²) in [5, 5.41) is 6.78. The van der Waals surface area contributed by atoms with Crippen molar-refractivity contribution in [2.24, 2.45) is 11.8 Å². The number of ether oxygens (including phenoxy) is 1. The first kappa shape index (κ1) is 14.2. The second-order valence-corrected chi connectivity index (χ2v) is 5.29. The molecule has 1 fully saturated rings. The lowest BCUT2D eigenvalue weighted by molar-refractivity contribution is -0.125. The average molecular weight is 283 g/mol. The van der Waals surface area contributed by atoms with Crippen LogP contribution in [-0.2, 0) is 11.3 Å². The van der Waals surface area contributed by atoms with E-state index in [1.165, 1.54) is 0 Å². The van der Waals surface area contributed by atoms with E-state index in [-0.39, 0.29) is 11.8 Å². The maximum atomic E-state index is 12.1. The summed E-state index contributed by atoms with van der Waals surface area (Å²) in [5.41, 5.74) is 0.818. The Morgan fingerprint density at radius 1 is 1.53 bits per heavy atom. The van der Waals surface area contributed by atoms with Gasteiger partial charge in [0.05, 0.1) is 13.0 Å². The molecule has 0 bridgehead atoms. The zero-order valence-electron chi connectivity index (χ0n) is 11.2. The number of nitrogens with one attached hydrogen (secondary N) is 2.